The minimum absolute atomic E-state index is 0.823. The van der Waals surface area contributed by atoms with Crippen molar-refractivity contribution in [3.63, 3.8) is 0 Å². The molecule has 56 valence electrons. The molecule has 2 aliphatic rings. The predicted octanol–water partition coefficient (Wildman–Crippen LogP) is 1.70. The Morgan fingerprint density at radius 2 is 2.40 bits per heavy atom. The van der Waals surface area contributed by atoms with Crippen LogP contribution in [0.25, 0.3) is 0 Å². The quantitative estimate of drug-likeness (QED) is 0.501. The number of fused-ring (bicyclic) bond motifs is 1. The maximum Gasteiger partial charge on any atom is 0.0133 e. The van der Waals surface area contributed by atoms with Gasteiger partial charge in [-0.1, -0.05) is 11.6 Å². The van der Waals surface area contributed by atoms with E-state index in [9.17, 15) is 0 Å². The third kappa shape index (κ3) is 0.988. The van der Waals surface area contributed by atoms with Crippen molar-refractivity contribution in [2.45, 2.75) is 32.2 Å². The van der Waals surface area contributed by atoms with Crippen molar-refractivity contribution in [3.8, 4) is 0 Å². The number of allylic oxidation sites excluding steroid dienone is 1. The van der Waals surface area contributed by atoms with E-state index in [1.165, 1.54) is 25.8 Å². The molecule has 0 saturated carbocycles. The van der Waals surface area contributed by atoms with Crippen LogP contribution in [-0.4, -0.2) is 12.6 Å². The first-order valence-electron chi connectivity index (χ1n) is 4.27. The Labute approximate surface area is 62.5 Å². The molecular weight excluding hydrogens is 122 g/mol. The lowest BCUT2D eigenvalue weighted by Gasteiger charge is -2.22. The van der Waals surface area contributed by atoms with Crippen molar-refractivity contribution >= 4 is 0 Å². The Morgan fingerprint density at radius 3 is 3.30 bits per heavy atom. The summed E-state index contributed by atoms with van der Waals surface area (Å²) in [7, 11) is 0. The second-order valence-electron chi connectivity index (χ2n) is 3.56. The van der Waals surface area contributed by atoms with E-state index in [1.807, 2.05) is 0 Å². The molecule has 0 spiro atoms. The van der Waals surface area contributed by atoms with E-state index < -0.39 is 0 Å². The normalized spacial score (nSPS) is 39.1. The summed E-state index contributed by atoms with van der Waals surface area (Å²) in [6, 6.07) is 0.823. The van der Waals surface area contributed by atoms with E-state index in [2.05, 4.69) is 18.3 Å². The summed E-state index contributed by atoms with van der Waals surface area (Å²) in [5.74, 6) is 0.869. The molecule has 0 bridgehead atoms. The summed E-state index contributed by atoms with van der Waals surface area (Å²) in [4.78, 5) is 0. The molecule has 1 nitrogen and oxygen atoms in total. The lowest BCUT2D eigenvalue weighted by Crippen LogP contribution is -2.28. The largest absolute Gasteiger partial charge is 0.313 e. The first-order valence-corrected chi connectivity index (χ1v) is 4.27. The van der Waals surface area contributed by atoms with E-state index in [0.717, 1.165) is 12.0 Å². The molecular formula is C9H15N. The van der Waals surface area contributed by atoms with Gasteiger partial charge in [-0.15, -0.1) is 0 Å². The highest BCUT2D eigenvalue weighted by Gasteiger charge is 2.27. The number of hydrogen-bond donors (Lipinski definition) is 1. The Morgan fingerprint density at radius 1 is 1.50 bits per heavy atom. The number of nitrogens with one attached hydrogen (secondary N) is 1. The van der Waals surface area contributed by atoms with Crippen LogP contribution in [0.4, 0.5) is 0 Å². The van der Waals surface area contributed by atoms with Gasteiger partial charge in [-0.05, 0) is 38.6 Å². The average Bonchev–Trinajstić information content (AvgIpc) is 2.33. The maximum atomic E-state index is 3.53. The Kier molecular flexibility index (Phi) is 1.53. The van der Waals surface area contributed by atoms with Crippen molar-refractivity contribution in [2.75, 3.05) is 6.54 Å². The highest BCUT2D eigenvalue weighted by molar-refractivity contribution is 5.11. The SMILES string of the molecule is CC1=CC2CCNC2CC1. The van der Waals surface area contributed by atoms with Gasteiger partial charge >= 0.3 is 0 Å². The van der Waals surface area contributed by atoms with Crippen molar-refractivity contribution in [2.24, 2.45) is 5.92 Å². The van der Waals surface area contributed by atoms with Gasteiger partial charge in [0, 0.05) is 6.04 Å². The summed E-state index contributed by atoms with van der Waals surface area (Å²) in [5, 5.41) is 3.53. The molecule has 2 rings (SSSR count). The molecule has 2 unspecified atom stereocenters. The molecule has 0 aromatic carbocycles. The van der Waals surface area contributed by atoms with E-state index in [0.29, 0.717) is 0 Å². The smallest absolute Gasteiger partial charge is 0.0133 e. The minimum atomic E-state index is 0.823. The Hall–Kier alpha value is -0.300. The molecule has 1 saturated heterocycles. The average molecular weight is 137 g/mol. The molecule has 1 heterocycles. The van der Waals surface area contributed by atoms with Crippen molar-refractivity contribution in [3.05, 3.63) is 11.6 Å². The van der Waals surface area contributed by atoms with Crippen LogP contribution in [-0.2, 0) is 0 Å². The van der Waals surface area contributed by atoms with Gasteiger partial charge < -0.3 is 5.32 Å². The highest BCUT2D eigenvalue weighted by atomic mass is 14.9. The Balaban J connectivity index is 2.13. The second kappa shape index (κ2) is 2.39. The first kappa shape index (κ1) is 6.41. The summed E-state index contributed by atoms with van der Waals surface area (Å²) in [5.41, 5.74) is 1.60. The summed E-state index contributed by atoms with van der Waals surface area (Å²) in [6.07, 6.45) is 6.51. The van der Waals surface area contributed by atoms with Crippen LogP contribution >= 0.6 is 0 Å². The van der Waals surface area contributed by atoms with Crippen molar-refractivity contribution in [1.82, 2.24) is 5.32 Å². The lowest BCUT2D eigenvalue weighted by atomic mass is 9.88. The molecule has 1 aliphatic heterocycles. The van der Waals surface area contributed by atoms with Crippen LogP contribution in [0.1, 0.15) is 26.2 Å². The summed E-state index contributed by atoms with van der Waals surface area (Å²) < 4.78 is 0. The van der Waals surface area contributed by atoms with Gasteiger partial charge in [0.15, 0.2) is 0 Å². The van der Waals surface area contributed by atoms with E-state index in [-0.39, 0.29) is 0 Å². The molecule has 1 N–H and O–H groups in total. The molecule has 1 aliphatic carbocycles. The predicted molar refractivity (Wildman–Crippen MR) is 42.9 cm³/mol. The van der Waals surface area contributed by atoms with E-state index >= 15 is 0 Å². The monoisotopic (exact) mass is 137 g/mol. The standard InChI is InChI=1S/C9H15N/c1-7-2-3-9-8(6-7)4-5-10-9/h6,8-10H,2-5H2,1H3. The molecule has 0 aromatic heterocycles. The second-order valence-corrected chi connectivity index (χ2v) is 3.56. The number of rotatable bonds is 0. The molecule has 1 fully saturated rings. The summed E-state index contributed by atoms with van der Waals surface area (Å²) in [6.45, 7) is 3.49. The van der Waals surface area contributed by atoms with E-state index in [1.54, 1.807) is 5.57 Å². The third-order valence-corrected chi connectivity index (χ3v) is 2.75. The molecule has 2 atom stereocenters. The zero-order valence-corrected chi connectivity index (χ0v) is 6.56. The van der Waals surface area contributed by atoms with Crippen LogP contribution in [0.5, 0.6) is 0 Å². The van der Waals surface area contributed by atoms with E-state index in [4.69, 9.17) is 0 Å². The minimum Gasteiger partial charge on any atom is -0.313 e. The van der Waals surface area contributed by atoms with Crippen molar-refractivity contribution < 1.29 is 0 Å². The molecule has 10 heavy (non-hydrogen) atoms. The third-order valence-electron chi connectivity index (χ3n) is 2.75. The Bertz CT molecular complexity index is 160. The van der Waals surface area contributed by atoms with Gasteiger partial charge in [0.2, 0.25) is 0 Å². The number of hydrogen-bond acceptors (Lipinski definition) is 1. The van der Waals surface area contributed by atoms with Crippen LogP contribution in [0.2, 0.25) is 0 Å². The van der Waals surface area contributed by atoms with Crippen LogP contribution in [0.3, 0.4) is 0 Å². The lowest BCUT2D eigenvalue weighted by molar-refractivity contribution is 0.463. The van der Waals surface area contributed by atoms with Gasteiger partial charge in [0.1, 0.15) is 0 Å². The zero-order chi connectivity index (χ0) is 6.97. The van der Waals surface area contributed by atoms with Gasteiger partial charge in [-0.3, -0.25) is 0 Å². The summed E-state index contributed by atoms with van der Waals surface area (Å²) >= 11 is 0. The van der Waals surface area contributed by atoms with Crippen LogP contribution in [0, 0.1) is 5.92 Å². The maximum absolute atomic E-state index is 3.53. The fourth-order valence-corrected chi connectivity index (χ4v) is 2.14. The van der Waals surface area contributed by atoms with Crippen molar-refractivity contribution in [1.29, 1.82) is 0 Å². The topological polar surface area (TPSA) is 12.0 Å². The fourth-order valence-electron chi connectivity index (χ4n) is 2.14. The fraction of sp³-hybridized carbons (Fsp3) is 0.778. The molecule has 0 radical (unpaired) electrons. The highest BCUT2D eigenvalue weighted by Crippen LogP contribution is 2.28. The van der Waals surface area contributed by atoms with Gasteiger partial charge in [0.05, 0.1) is 0 Å². The van der Waals surface area contributed by atoms with Gasteiger partial charge in [-0.2, -0.15) is 0 Å². The molecule has 0 amide bonds. The van der Waals surface area contributed by atoms with Gasteiger partial charge in [-0.25, -0.2) is 0 Å². The molecule has 0 aromatic rings. The first-order chi connectivity index (χ1) is 4.86. The zero-order valence-electron chi connectivity index (χ0n) is 6.56. The van der Waals surface area contributed by atoms with Crippen LogP contribution < -0.4 is 5.32 Å². The van der Waals surface area contributed by atoms with Crippen LogP contribution in [0.15, 0.2) is 11.6 Å². The molecule has 1 heteroatoms. The van der Waals surface area contributed by atoms with Gasteiger partial charge in [0.25, 0.3) is 0 Å².